The second-order valence-corrected chi connectivity index (χ2v) is 5.87. The Morgan fingerprint density at radius 3 is 2.50 bits per heavy atom. The average Bonchev–Trinajstić information content (AvgIpc) is 3.13. The van der Waals surface area contributed by atoms with Crippen LogP contribution in [0.3, 0.4) is 0 Å². The number of hydrogen-bond acceptors (Lipinski definition) is 2. The monoisotopic (exact) mass is 248 g/mol. The van der Waals surface area contributed by atoms with Gasteiger partial charge in [0, 0.05) is 24.4 Å². The van der Waals surface area contributed by atoms with Gasteiger partial charge in [-0.3, -0.25) is 4.99 Å². The number of hydrogen-bond donors (Lipinski definition) is 2. The minimum atomic E-state index is 0.157. The van der Waals surface area contributed by atoms with Crippen LogP contribution in [0.25, 0.3) is 0 Å². The summed E-state index contributed by atoms with van der Waals surface area (Å²) in [4.78, 5) is 4.43. The van der Waals surface area contributed by atoms with Crippen LogP contribution >= 0.6 is 0 Å². The number of aliphatic imine (C=N–C) groups is 1. The summed E-state index contributed by atoms with van der Waals surface area (Å²) in [6.07, 6.45) is 10.6. The lowest BCUT2D eigenvalue weighted by atomic mass is 10.0. The molecule has 0 aromatic carbocycles. The van der Waals surface area contributed by atoms with Gasteiger partial charge in [-0.1, -0.05) is 25.7 Å². The van der Waals surface area contributed by atoms with Crippen LogP contribution in [-0.4, -0.2) is 18.5 Å². The number of nitrogens with one attached hydrogen (secondary N) is 1. The summed E-state index contributed by atoms with van der Waals surface area (Å²) < 4.78 is 0. The molecule has 0 amide bonds. The zero-order valence-corrected chi connectivity index (χ0v) is 11.1. The smallest absolute Gasteiger partial charge is 0.188 e. The highest BCUT2D eigenvalue weighted by atomic mass is 15.1. The maximum atomic E-state index is 8.75. The molecule has 3 N–H and O–H groups in total. The molecule has 4 heteroatoms. The lowest BCUT2D eigenvalue weighted by Gasteiger charge is -2.17. The van der Waals surface area contributed by atoms with Gasteiger partial charge in [0.1, 0.15) is 0 Å². The standard InChI is InChI=1S/C14H24N4/c15-10-9-14(7-8-14)11-17-13(16)18-12-5-3-1-2-4-6-12/h12H,1-9,11H2,(H3,16,17,18). The summed E-state index contributed by atoms with van der Waals surface area (Å²) in [6, 6.07) is 2.76. The normalized spacial score (nSPS) is 24.1. The number of nitriles is 1. The van der Waals surface area contributed by atoms with Crippen molar-refractivity contribution in [3.8, 4) is 6.07 Å². The molecule has 100 valence electrons. The highest BCUT2D eigenvalue weighted by Gasteiger charge is 2.42. The first-order chi connectivity index (χ1) is 8.74. The molecule has 0 saturated heterocycles. The van der Waals surface area contributed by atoms with Gasteiger partial charge in [-0.2, -0.15) is 5.26 Å². The molecule has 18 heavy (non-hydrogen) atoms. The summed E-state index contributed by atoms with van der Waals surface area (Å²) >= 11 is 0. The molecule has 2 fully saturated rings. The van der Waals surface area contributed by atoms with Crippen LogP contribution in [0, 0.1) is 16.7 Å². The van der Waals surface area contributed by atoms with Crippen LogP contribution in [0.1, 0.15) is 57.8 Å². The molecular weight excluding hydrogens is 224 g/mol. The van der Waals surface area contributed by atoms with Crippen molar-refractivity contribution in [2.45, 2.75) is 63.8 Å². The lowest BCUT2D eigenvalue weighted by Crippen LogP contribution is -2.40. The quantitative estimate of drug-likeness (QED) is 0.455. The number of rotatable bonds is 4. The van der Waals surface area contributed by atoms with Gasteiger partial charge in [0.15, 0.2) is 5.96 Å². The Morgan fingerprint density at radius 2 is 1.94 bits per heavy atom. The van der Waals surface area contributed by atoms with Crippen molar-refractivity contribution in [3.63, 3.8) is 0 Å². The summed E-state index contributed by atoms with van der Waals surface area (Å²) in [5.74, 6) is 0.575. The van der Waals surface area contributed by atoms with E-state index in [2.05, 4.69) is 16.4 Å². The molecule has 0 aromatic heterocycles. The molecule has 0 unspecified atom stereocenters. The van der Waals surface area contributed by atoms with Crippen LogP contribution in [0.2, 0.25) is 0 Å². The molecule has 2 aliphatic rings. The molecule has 2 saturated carbocycles. The van der Waals surface area contributed by atoms with Crippen molar-refractivity contribution in [1.82, 2.24) is 5.32 Å². The molecule has 0 radical (unpaired) electrons. The Hall–Kier alpha value is -1.24. The van der Waals surface area contributed by atoms with E-state index < -0.39 is 0 Å². The van der Waals surface area contributed by atoms with E-state index in [9.17, 15) is 0 Å². The minimum absolute atomic E-state index is 0.157. The van der Waals surface area contributed by atoms with E-state index >= 15 is 0 Å². The highest BCUT2D eigenvalue weighted by Crippen LogP contribution is 2.48. The van der Waals surface area contributed by atoms with Crippen molar-refractivity contribution in [2.24, 2.45) is 16.1 Å². The molecule has 4 nitrogen and oxygen atoms in total. The zero-order chi connectivity index (χ0) is 12.8. The van der Waals surface area contributed by atoms with E-state index in [1.807, 2.05) is 0 Å². The summed E-state index contributed by atoms with van der Waals surface area (Å²) in [6.45, 7) is 0.714. The molecule has 2 aliphatic carbocycles. The van der Waals surface area contributed by atoms with E-state index in [-0.39, 0.29) is 5.41 Å². The molecule has 0 heterocycles. The van der Waals surface area contributed by atoms with E-state index in [4.69, 9.17) is 11.0 Å². The average molecular weight is 248 g/mol. The molecular formula is C14H24N4. The van der Waals surface area contributed by atoms with Crippen molar-refractivity contribution in [3.05, 3.63) is 0 Å². The number of nitrogens with zero attached hydrogens (tertiary/aromatic N) is 2. The van der Waals surface area contributed by atoms with Gasteiger partial charge < -0.3 is 11.1 Å². The summed E-state index contributed by atoms with van der Waals surface area (Å²) in [7, 11) is 0. The van der Waals surface area contributed by atoms with Crippen LogP contribution < -0.4 is 11.1 Å². The predicted octanol–water partition coefficient (Wildman–Crippen LogP) is 2.31. The first-order valence-electron chi connectivity index (χ1n) is 7.18. The SMILES string of the molecule is N#CCC1(CN=C(N)NC2CCCCCC2)CC1. The van der Waals surface area contributed by atoms with Gasteiger partial charge in [-0.15, -0.1) is 0 Å². The highest BCUT2D eigenvalue weighted by molar-refractivity contribution is 5.78. The minimum Gasteiger partial charge on any atom is -0.370 e. The summed E-state index contributed by atoms with van der Waals surface area (Å²) in [5.41, 5.74) is 6.10. The van der Waals surface area contributed by atoms with Crippen molar-refractivity contribution < 1.29 is 0 Å². The van der Waals surface area contributed by atoms with E-state index in [1.165, 1.54) is 38.5 Å². The number of guanidine groups is 1. The zero-order valence-electron chi connectivity index (χ0n) is 11.1. The Labute approximate surface area is 110 Å². The Bertz CT molecular complexity index is 330. The third-order valence-corrected chi connectivity index (χ3v) is 4.20. The van der Waals surface area contributed by atoms with E-state index in [0.717, 1.165) is 12.8 Å². The number of nitrogens with two attached hydrogens (primary N) is 1. The third kappa shape index (κ3) is 3.90. The topological polar surface area (TPSA) is 74.2 Å². The predicted molar refractivity (Wildman–Crippen MR) is 73.0 cm³/mol. The van der Waals surface area contributed by atoms with Crippen LogP contribution in [-0.2, 0) is 0 Å². The van der Waals surface area contributed by atoms with Gasteiger partial charge in [-0.05, 0) is 25.7 Å². The van der Waals surface area contributed by atoms with Gasteiger partial charge in [0.2, 0.25) is 0 Å². The van der Waals surface area contributed by atoms with E-state index in [0.29, 0.717) is 25.0 Å². The molecule has 0 aliphatic heterocycles. The maximum Gasteiger partial charge on any atom is 0.188 e. The van der Waals surface area contributed by atoms with Gasteiger partial charge in [-0.25, -0.2) is 0 Å². The van der Waals surface area contributed by atoms with Crippen LogP contribution in [0.4, 0.5) is 0 Å². The first kappa shape index (κ1) is 13.2. The maximum absolute atomic E-state index is 8.75. The fraction of sp³-hybridized carbons (Fsp3) is 0.857. The van der Waals surface area contributed by atoms with E-state index in [1.54, 1.807) is 0 Å². The molecule has 0 atom stereocenters. The van der Waals surface area contributed by atoms with Gasteiger partial charge in [0.05, 0.1) is 6.07 Å². The Balaban J connectivity index is 1.76. The van der Waals surface area contributed by atoms with Gasteiger partial charge in [0.25, 0.3) is 0 Å². The fourth-order valence-electron chi connectivity index (χ4n) is 2.67. The van der Waals surface area contributed by atoms with Crippen molar-refractivity contribution in [2.75, 3.05) is 6.54 Å². The van der Waals surface area contributed by atoms with Crippen LogP contribution in [0.5, 0.6) is 0 Å². The third-order valence-electron chi connectivity index (χ3n) is 4.20. The second kappa shape index (κ2) is 6.08. The second-order valence-electron chi connectivity index (χ2n) is 5.87. The largest absolute Gasteiger partial charge is 0.370 e. The molecule has 0 spiro atoms. The van der Waals surface area contributed by atoms with Crippen LogP contribution in [0.15, 0.2) is 4.99 Å². The van der Waals surface area contributed by atoms with Gasteiger partial charge >= 0.3 is 0 Å². The molecule has 0 bridgehead atoms. The summed E-state index contributed by atoms with van der Waals surface area (Å²) in [5, 5.41) is 12.1. The first-order valence-corrected chi connectivity index (χ1v) is 7.18. The molecule has 0 aromatic rings. The van der Waals surface area contributed by atoms with Crippen molar-refractivity contribution in [1.29, 1.82) is 5.26 Å². The Morgan fingerprint density at radius 1 is 1.28 bits per heavy atom. The van der Waals surface area contributed by atoms with Crippen molar-refractivity contribution >= 4 is 5.96 Å². The lowest BCUT2D eigenvalue weighted by molar-refractivity contribution is 0.517. The fourth-order valence-corrected chi connectivity index (χ4v) is 2.67. The Kier molecular flexibility index (Phi) is 4.46. The molecule has 2 rings (SSSR count).